The maximum atomic E-state index is 15.2. The molecule has 306 valence electrons. The minimum absolute atomic E-state index is 0.0644. The number of carbonyl (C=O) groups is 3. The van der Waals surface area contributed by atoms with Crippen LogP contribution in [0.25, 0.3) is 16.4 Å². The maximum absolute atomic E-state index is 15.2. The Bertz CT molecular complexity index is 2450. The Kier molecular flexibility index (Phi) is 10.5. The molecule has 2 N–H and O–H groups in total. The van der Waals surface area contributed by atoms with Crippen molar-refractivity contribution in [3.8, 4) is 11.8 Å². The summed E-state index contributed by atoms with van der Waals surface area (Å²) in [6, 6.07) is 14.8. The molecule has 1 saturated carbocycles. The van der Waals surface area contributed by atoms with Crippen LogP contribution in [0.2, 0.25) is 0 Å². The maximum Gasteiger partial charge on any atom is 0.274 e. The van der Waals surface area contributed by atoms with Crippen LogP contribution in [-0.2, 0) is 9.59 Å². The van der Waals surface area contributed by atoms with Crippen molar-refractivity contribution in [3.05, 3.63) is 83.3 Å². The number of aromatic nitrogens is 4. The van der Waals surface area contributed by atoms with Crippen LogP contribution in [0.1, 0.15) is 84.9 Å². The first-order valence-corrected chi connectivity index (χ1v) is 20.5. The summed E-state index contributed by atoms with van der Waals surface area (Å²) < 4.78 is 39.7. The van der Waals surface area contributed by atoms with Gasteiger partial charge in [-0.25, -0.2) is 13.3 Å². The van der Waals surface area contributed by atoms with Gasteiger partial charge in [0, 0.05) is 86.7 Å². The lowest BCUT2D eigenvalue weighted by molar-refractivity contribution is -0.134. The third-order valence-corrected chi connectivity index (χ3v) is 12.9. The highest BCUT2D eigenvalue weighted by atomic mass is 19.1. The minimum atomic E-state index is -0.999. The van der Waals surface area contributed by atoms with Crippen molar-refractivity contribution in [1.29, 1.82) is 5.26 Å². The summed E-state index contributed by atoms with van der Waals surface area (Å²) in [7, 11) is 1.57. The first kappa shape index (κ1) is 38.6. The molecule has 1 atom stereocenters. The summed E-state index contributed by atoms with van der Waals surface area (Å²) in [5, 5.41) is 24.5. The van der Waals surface area contributed by atoms with E-state index >= 15 is 8.78 Å². The van der Waals surface area contributed by atoms with E-state index in [2.05, 4.69) is 42.5 Å². The molecule has 4 aliphatic rings. The van der Waals surface area contributed by atoms with Crippen molar-refractivity contribution in [2.75, 3.05) is 56.6 Å². The van der Waals surface area contributed by atoms with Gasteiger partial charge in [-0.15, -0.1) is 0 Å². The molecule has 0 bridgehead atoms. The topological polar surface area (TPSA) is 153 Å². The van der Waals surface area contributed by atoms with E-state index in [0.717, 1.165) is 75.6 Å². The lowest BCUT2D eigenvalue weighted by Crippen LogP contribution is -2.55. The number of amides is 3. The number of hydrogen-bond acceptors (Lipinski definition) is 10. The monoisotopic (exact) mass is 804 g/mol. The average Bonchev–Trinajstić information content (AvgIpc) is 3.88. The number of ether oxygens (including phenoxy) is 1. The number of hydrogen-bond donors (Lipinski definition) is 2. The van der Waals surface area contributed by atoms with Crippen LogP contribution < -0.4 is 20.3 Å². The van der Waals surface area contributed by atoms with Gasteiger partial charge < -0.3 is 15.0 Å². The second-order valence-corrected chi connectivity index (χ2v) is 16.2. The van der Waals surface area contributed by atoms with E-state index in [0.29, 0.717) is 59.1 Å². The highest BCUT2D eigenvalue weighted by Crippen LogP contribution is 2.37. The van der Waals surface area contributed by atoms with Crippen LogP contribution in [0, 0.1) is 23.0 Å². The van der Waals surface area contributed by atoms with E-state index in [1.807, 2.05) is 17.0 Å². The largest absolute Gasteiger partial charge is 0.494 e. The molecule has 59 heavy (non-hydrogen) atoms. The molecule has 0 spiro atoms. The van der Waals surface area contributed by atoms with Crippen molar-refractivity contribution in [2.24, 2.45) is 0 Å². The highest BCUT2D eigenvalue weighted by molar-refractivity contribution is 6.06. The molecule has 14 nitrogen and oxygen atoms in total. The molecule has 3 saturated heterocycles. The minimum Gasteiger partial charge on any atom is -0.494 e. The second kappa shape index (κ2) is 16.0. The number of nitrogens with zero attached hydrogens (tertiary/aromatic N) is 8. The Morgan fingerprint density at radius 1 is 0.881 bits per heavy atom. The molecular weight excluding hydrogens is 759 g/mol. The van der Waals surface area contributed by atoms with Gasteiger partial charge >= 0.3 is 0 Å². The fraction of sp³-hybridized carbons (Fsp3) is 0.442. The number of piperazine rings is 1. The lowest BCUT2D eigenvalue weighted by Gasteiger charge is -2.46. The van der Waals surface area contributed by atoms with E-state index in [4.69, 9.17) is 9.84 Å². The molecule has 3 aliphatic heterocycles. The summed E-state index contributed by atoms with van der Waals surface area (Å²) in [4.78, 5) is 44.4. The molecule has 5 aromatic rings. The Morgan fingerprint density at radius 2 is 1.56 bits per heavy atom. The first-order valence-electron chi connectivity index (χ1n) is 20.5. The van der Waals surface area contributed by atoms with E-state index < -0.39 is 29.4 Å². The quantitative estimate of drug-likeness (QED) is 0.196. The van der Waals surface area contributed by atoms with E-state index in [9.17, 15) is 19.6 Å². The van der Waals surface area contributed by atoms with Crippen LogP contribution >= 0.6 is 0 Å². The van der Waals surface area contributed by atoms with E-state index in [1.165, 1.54) is 22.8 Å². The molecule has 0 unspecified atom stereocenters. The number of imide groups is 1. The fourth-order valence-corrected chi connectivity index (χ4v) is 9.64. The van der Waals surface area contributed by atoms with Crippen molar-refractivity contribution in [2.45, 2.75) is 75.4 Å². The normalized spacial score (nSPS) is 22.4. The molecule has 9 rings (SSSR count). The number of halogens is 2. The molecule has 16 heteroatoms. The van der Waals surface area contributed by atoms with Gasteiger partial charge in [-0.3, -0.25) is 34.2 Å². The number of methoxy groups -OCH3 is 1. The molecule has 3 aromatic heterocycles. The van der Waals surface area contributed by atoms with E-state index in [-0.39, 0.29) is 30.4 Å². The lowest BCUT2D eigenvalue weighted by atomic mass is 9.89. The summed E-state index contributed by atoms with van der Waals surface area (Å²) in [5.41, 5.74) is 2.97. The number of benzene rings is 2. The Hall–Kier alpha value is -5.92. The third-order valence-electron chi connectivity index (χ3n) is 12.9. The van der Waals surface area contributed by atoms with Crippen molar-refractivity contribution in [3.63, 3.8) is 0 Å². The van der Waals surface area contributed by atoms with Crippen LogP contribution in [0.3, 0.4) is 0 Å². The standard InChI is InChI=1S/C43H46F2N10O4/c1-59-39-22-36-27(19-37(39)48-43(58)38-8-6-31-18-26(23-46)24-47-55(31)38)25-54(50-36)30-4-2-28(3-5-30)52-14-16-53(17-15-52)29-10-12-51(13-11-29)32-20-34(44)41(35(45)21-32)33-7-9-40(56)49-42(33)57/h6,8,18-22,24-25,28-30,33H,2-5,7,9-17H2,1H3,(H,48,58)(H,49,56,57)/t28-,30-,33-/m1/s1. The molecule has 4 fully saturated rings. The van der Waals surface area contributed by atoms with Crippen molar-refractivity contribution < 1.29 is 27.9 Å². The number of carbonyl (C=O) groups excluding carboxylic acids is 3. The Morgan fingerprint density at radius 3 is 2.22 bits per heavy atom. The summed E-state index contributed by atoms with van der Waals surface area (Å²) in [6.07, 6.45) is 9.70. The number of rotatable bonds is 8. The first-order chi connectivity index (χ1) is 28.6. The van der Waals surface area contributed by atoms with Gasteiger partial charge in [-0.05, 0) is 81.3 Å². The zero-order valence-corrected chi connectivity index (χ0v) is 32.9. The van der Waals surface area contributed by atoms with Crippen molar-refractivity contribution in [1.82, 2.24) is 34.5 Å². The molecule has 3 amide bonds. The smallest absolute Gasteiger partial charge is 0.274 e. The van der Waals surface area contributed by atoms with Crippen LogP contribution in [0.5, 0.6) is 5.75 Å². The van der Waals surface area contributed by atoms with Crippen molar-refractivity contribution >= 4 is 45.5 Å². The van der Waals surface area contributed by atoms with Crippen LogP contribution in [-0.4, -0.2) is 105 Å². The van der Waals surface area contributed by atoms with Gasteiger partial charge in [0.25, 0.3) is 5.91 Å². The number of nitriles is 1. The van der Waals surface area contributed by atoms with Crippen LogP contribution in [0.15, 0.2) is 54.9 Å². The number of piperidine rings is 2. The summed E-state index contributed by atoms with van der Waals surface area (Å²) in [6.45, 7) is 5.43. The summed E-state index contributed by atoms with van der Waals surface area (Å²) >= 11 is 0. The fourth-order valence-electron chi connectivity index (χ4n) is 9.64. The highest BCUT2D eigenvalue weighted by Gasteiger charge is 2.35. The van der Waals surface area contributed by atoms with Crippen LogP contribution in [0.4, 0.5) is 20.2 Å². The zero-order valence-electron chi connectivity index (χ0n) is 32.9. The Labute approximate surface area is 339 Å². The third kappa shape index (κ3) is 7.60. The molecule has 0 radical (unpaired) electrons. The predicted octanol–water partition coefficient (Wildman–Crippen LogP) is 5.39. The SMILES string of the molecule is COc1cc2nn([C@H]3CC[C@H](N4CCN(C5CCN(c6cc(F)c([C@H]7CCC(=O)NC7=O)c(F)c6)CC5)CC4)CC3)cc2cc1NC(=O)c1ccc2cc(C#N)cnn12. The number of fused-ring (bicyclic) bond motifs is 2. The zero-order chi connectivity index (χ0) is 40.8. The number of anilines is 2. The summed E-state index contributed by atoms with van der Waals surface area (Å²) in [5.74, 6) is -3.38. The molecule has 1 aliphatic carbocycles. The number of nitrogens with one attached hydrogen (secondary N) is 2. The van der Waals surface area contributed by atoms with Gasteiger partial charge in [0.05, 0.1) is 47.6 Å². The van der Waals surface area contributed by atoms with Gasteiger partial charge in [-0.1, -0.05) is 0 Å². The average molecular weight is 805 g/mol. The predicted molar refractivity (Wildman–Crippen MR) is 215 cm³/mol. The van der Waals surface area contributed by atoms with Gasteiger partial charge in [0.1, 0.15) is 29.1 Å². The Balaban J connectivity index is 0.759. The van der Waals surface area contributed by atoms with Gasteiger partial charge in [0.15, 0.2) is 0 Å². The molecule has 2 aromatic carbocycles. The second-order valence-electron chi connectivity index (χ2n) is 16.2. The van der Waals surface area contributed by atoms with Gasteiger partial charge in [0.2, 0.25) is 11.8 Å². The molecular formula is C43H46F2N10O4. The van der Waals surface area contributed by atoms with E-state index in [1.54, 1.807) is 25.3 Å². The molecule has 6 heterocycles. The van der Waals surface area contributed by atoms with Gasteiger partial charge in [-0.2, -0.15) is 15.5 Å².